The number of carbonyl (C=O) groups excluding carboxylic acids is 1. The van der Waals surface area contributed by atoms with Crippen LogP contribution < -0.4 is 10.9 Å². The Morgan fingerprint density at radius 3 is 2.46 bits per heavy atom. The summed E-state index contributed by atoms with van der Waals surface area (Å²) in [6.45, 7) is 4.24. The molecule has 0 atom stereocenters. The van der Waals surface area contributed by atoms with Gasteiger partial charge in [-0.25, -0.2) is 4.79 Å². The summed E-state index contributed by atoms with van der Waals surface area (Å²) in [5.74, 6) is -0.187. The molecular weight excluding hydrogens is 370 g/mol. The predicted octanol–water partition coefficient (Wildman–Crippen LogP) is 4.10. The normalized spacial score (nSPS) is 10.8. The summed E-state index contributed by atoms with van der Waals surface area (Å²) in [5, 5.41) is 3.69. The summed E-state index contributed by atoms with van der Waals surface area (Å²) in [6, 6.07) is 12.4. The van der Waals surface area contributed by atoms with E-state index >= 15 is 0 Å². The van der Waals surface area contributed by atoms with E-state index < -0.39 is 5.63 Å². The monoisotopic (exact) mass is 385 g/mol. The number of amides is 1. The lowest BCUT2D eigenvalue weighted by Crippen LogP contribution is -2.23. The maximum Gasteiger partial charge on any atom is 0.336 e. The molecular formula is C19H16BrNO3. The van der Waals surface area contributed by atoms with Crippen molar-refractivity contribution < 1.29 is 9.21 Å². The van der Waals surface area contributed by atoms with E-state index in [9.17, 15) is 9.59 Å². The molecule has 0 fully saturated rings. The SMILES string of the molecule is Cc1cc2oc(=O)cc(CNC(=O)c3ccc(Br)cc3)c2cc1C. The summed E-state index contributed by atoms with van der Waals surface area (Å²) in [7, 11) is 0. The van der Waals surface area contributed by atoms with E-state index in [0.717, 1.165) is 26.5 Å². The van der Waals surface area contributed by atoms with E-state index in [1.807, 2.05) is 38.1 Å². The van der Waals surface area contributed by atoms with Crippen LogP contribution in [0.4, 0.5) is 0 Å². The molecule has 2 aromatic carbocycles. The van der Waals surface area contributed by atoms with Crippen LogP contribution in [0.3, 0.4) is 0 Å². The number of hydrogen-bond donors (Lipinski definition) is 1. The van der Waals surface area contributed by atoms with Gasteiger partial charge in [0.2, 0.25) is 0 Å². The molecule has 1 N–H and O–H groups in total. The summed E-state index contributed by atoms with van der Waals surface area (Å²) in [4.78, 5) is 24.0. The Labute approximate surface area is 147 Å². The van der Waals surface area contributed by atoms with Crippen LogP contribution in [-0.4, -0.2) is 5.91 Å². The van der Waals surface area contributed by atoms with Crippen LogP contribution >= 0.6 is 15.9 Å². The van der Waals surface area contributed by atoms with Gasteiger partial charge in [-0.15, -0.1) is 0 Å². The lowest BCUT2D eigenvalue weighted by atomic mass is 10.0. The fourth-order valence-electron chi connectivity index (χ4n) is 2.51. The number of aryl methyl sites for hydroxylation is 2. The van der Waals surface area contributed by atoms with Gasteiger partial charge in [-0.1, -0.05) is 15.9 Å². The number of hydrogen-bond acceptors (Lipinski definition) is 3. The van der Waals surface area contributed by atoms with Crippen molar-refractivity contribution in [3.05, 3.63) is 79.6 Å². The Kier molecular flexibility index (Phi) is 4.53. The lowest BCUT2D eigenvalue weighted by molar-refractivity contribution is 0.0951. The van der Waals surface area contributed by atoms with Crippen LogP contribution in [0, 0.1) is 13.8 Å². The molecule has 5 heteroatoms. The third kappa shape index (κ3) is 3.41. The average molecular weight is 386 g/mol. The molecule has 0 radical (unpaired) electrons. The molecule has 1 aromatic heterocycles. The third-order valence-corrected chi connectivity index (χ3v) is 4.52. The van der Waals surface area contributed by atoms with Crippen LogP contribution in [0.2, 0.25) is 0 Å². The lowest BCUT2D eigenvalue weighted by Gasteiger charge is -2.09. The van der Waals surface area contributed by atoms with Crippen LogP contribution in [0.25, 0.3) is 11.0 Å². The van der Waals surface area contributed by atoms with Crippen molar-refractivity contribution in [3.63, 3.8) is 0 Å². The number of halogens is 1. The van der Waals surface area contributed by atoms with Crippen molar-refractivity contribution >= 4 is 32.8 Å². The Bertz CT molecular complexity index is 974. The number of carbonyl (C=O) groups is 1. The van der Waals surface area contributed by atoms with Gasteiger partial charge in [0.25, 0.3) is 5.91 Å². The fourth-order valence-corrected chi connectivity index (χ4v) is 2.77. The third-order valence-electron chi connectivity index (χ3n) is 3.99. The Morgan fingerprint density at radius 2 is 1.75 bits per heavy atom. The molecule has 4 nitrogen and oxygen atoms in total. The summed E-state index contributed by atoms with van der Waals surface area (Å²) >= 11 is 3.34. The minimum absolute atomic E-state index is 0.187. The smallest absolute Gasteiger partial charge is 0.336 e. The predicted molar refractivity (Wildman–Crippen MR) is 97.3 cm³/mol. The molecule has 3 aromatic rings. The van der Waals surface area contributed by atoms with Crippen LogP contribution in [0.1, 0.15) is 27.0 Å². The molecule has 1 heterocycles. The van der Waals surface area contributed by atoms with E-state index in [1.54, 1.807) is 12.1 Å². The Hall–Kier alpha value is -2.40. The zero-order valence-corrected chi connectivity index (χ0v) is 14.9. The van der Waals surface area contributed by atoms with E-state index in [1.165, 1.54) is 6.07 Å². The Balaban J connectivity index is 1.89. The largest absolute Gasteiger partial charge is 0.423 e. The van der Waals surface area contributed by atoms with E-state index in [0.29, 0.717) is 11.1 Å². The highest BCUT2D eigenvalue weighted by molar-refractivity contribution is 9.10. The highest BCUT2D eigenvalue weighted by Gasteiger charge is 2.10. The Morgan fingerprint density at radius 1 is 1.08 bits per heavy atom. The van der Waals surface area contributed by atoms with Crippen molar-refractivity contribution in [1.29, 1.82) is 0 Å². The van der Waals surface area contributed by atoms with Gasteiger partial charge in [0.15, 0.2) is 0 Å². The standard InChI is InChI=1S/C19H16BrNO3/c1-11-7-16-14(9-18(22)24-17(16)8-12(11)2)10-21-19(23)13-3-5-15(20)6-4-13/h3-9H,10H2,1-2H3,(H,21,23). The second-order valence-electron chi connectivity index (χ2n) is 5.71. The summed E-state index contributed by atoms with van der Waals surface area (Å²) in [5.41, 5.74) is 3.60. The molecule has 0 unspecified atom stereocenters. The zero-order valence-electron chi connectivity index (χ0n) is 13.4. The molecule has 0 saturated carbocycles. The van der Waals surface area contributed by atoms with Gasteiger partial charge in [-0.05, 0) is 66.9 Å². The fraction of sp³-hybridized carbons (Fsp3) is 0.158. The van der Waals surface area contributed by atoms with Crippen molar-refractivity contribution in [2.24, 2.45) is 0 Å². The molecule has 0 bridgehead atoms. The van der Waals surface area contributed by atoms with Crippen molar-refractivity contribution in [3.8, 4) is 0 Å². The van der Waals surface area contributed by atoms with E-state index in [2.05, 4.69) is 21.2 Å². The first-order valence-corrected chi connectivity index (χ1v) is 8.31. The summed E-state index contributed by atoms with van der Waals surface area (Å²) in [6.07, 6.45) is 0. The van der Waals surface area contributed by atoms with Crippen LogP contribution in [-0.2, 0) is 6.54 Å². The quantitative estimate of drug-likeness (QED) is 0.690. The highest BCUT2D eigenvalue weighted by Crippen LogP contribution is 2.21. The highest BCUT2D eigenvalue weighted by atomic mass is 79.9. The minimum atomic E-state index is -0.418. The van der Waals surface area contributed by atoms with Gasteiger partial charge in [0.05, 0.1) is 0 Å². The number of nitrogens with one attached hydrogen (secondary N) is 1. The zero-order chi connectivity index (χ0) is 17.3. The van der Waals surface area contributed by atoms with Crippen molar-refractivity contribution in [1.82, 2.24) is 5.32 Å². The van der Waals surface area contributed by atoms with Gasteiger partial charge in [-0.2, -0.15) is 0 Å². The first kappa shape index (κ1) is 16.5. The maximum atomic E-state index is 12.2. The number of benzene rings is 2. The van der Waals surface area contributed by atoms with Gasteiger partial charge >= 0.3 is 5.63 Å². The van der Waals surface area contributed by atoms with Gasteiger partial charge in [-0.3, -0.25) is 4.79 Å². The maximum absolute atomic E-state index is 12.2. The molecule has 3 rings (SSSR count). The van der Waals surface area contributed by atoms with E-state index in [-0.39, 0.29) is 12.5 Å². The summed E-state index contributed by atoms with van der Waals surface area (Å²) < 4.78 is 6.18. The number of fused-ring (bicyclic) bond motifs is 1. The first-order valence-electron chi connectivity index (χ1n) is 7.52. The van der Waals surface area contributed by atoms with Crippen LogP contribution in [0.15, 0.2) is 56.1 Å². The molecule has 0 aliphatic heterocycles. The van der Waals surface area contributed by atoms with Crippen molar-refractivity contribution in [2.75, 3.05) is 0 Å². The first-order chi connectivity index (χ1) is 11.4. The topological polar surface area (TPSA) is 59.3 Å². The molecule has 122 valence electrons. The van der Waals surface area contributed by atoms with Gasteiger partial charge < -0.3 is 9.73 Å². The van der Waals surface area contributed by atoms with Crippen LogP contribution in [0.5, 0.6) is 0 Å². The average Bonchev–Trinajstić information content (AvgIpc) is 2.54. The molecule has 0 saturated heterocycles. The second-order valence-corrected chi connectivity index (χ2v) is 6.63. The molecule has 0 aliphatic rings. The molecule has 0 spiro atoms. The minimum Gasteiger partial charge on any atom is -0.423 e. The van der Waals surface area contributed by atoms with Gasteiger partial charge in [0.1, 0.15) is 5.58 Å². The molecule has 1 amide bonds. The second kappa shape index (κ2) is 6.61. The number of rotatable bonds is 3. The van der Waals surface area contributed by atoms with E-state index in [4.69, 9.17) is 4.42 Å². The molecule has 24 heavy (non-hydrogen) atoms. The molecule has 0 aliphatic carbocycles. The van der Waals surface area contributed by atoms with Crippen molar-refractivity contribution in [2.45, 2.75) is 20.4 Å². The van der Waals surface area contributed by atoms with Gasteiger partial charge in [0, 0.05) is 28.0 Å².